The molecule has 30 heavy (non-hydrogen) atoms. The lowest BCUT2D eigenvalue weighted by Crippen LogP contribution is -2.49. The number of aryl methyl sites for hydroxylation is 2. The molecule has 8 nitrogen and oxygen atoms in total. The van der Waals surface area contributed by atoms with Gasteiger partial charge in [0.05, 0.1) is 18.1 Å². The minimum atomic E-state index is -2.95. The Labute approximate surface area is 178 Å². The van der Waals surface area contributed by atoms with Crippen LogP contribution in [0.15, 0.2) is 35.6 Å². The molecular weight excluding hydrogens is 400 g/mol. The highest BCUT2D eigenvalue weighted by Crippen LogP contribution is 2.21. The van der Waals surface area contributed by atoms with Crippen LogP contribution in [-0.4, -0.2) is 59.3 Å². The van der Waals surface area contributed by atoms with Crippen molar-refractivity contribution in [3.05, 3.63) is 47.5 Å². The number of benzene rings is 1. The standard InChI is InChI=1S/C21H30N6O2S/c1-2-20-26-23-15-27(20)11-10-22-21(25-19-9-12-30(28,29)14-19)24-18-8-7-16-5-3-4-6-17(16)13-18/h3-6,15,18-19H,2,7-14H2,1H3,(H2,22,24,25). The molecule has 2 heterocycles. The summed E-state index contributed by atoms with van der Waals surface area (Å²) in [7, 11) is -2.95. The molecule has 1 aliphatic carbocycles. The second kappa shape index (κ2) is 9.16. The molecule has 1 fully saturated rings. The van der Waals surface area contributed by atoms with Crippen LogP contribution in [-0.2, 0) is 35.6 Å². The van der Waals surface area contributed by atoms with Crippen molar-refractivity contribution in [1.29, 1.82) is 0 Å². The summed E-state index contributed by atoms with van der Waals surface area (Å²) in [5.74, 6) is 2.06. The number of hydrogen-bond acceptors (Lipinski definition) is 5. The first-order valence-corrected chi connectivity index (χ1v) is 12.6. The summed E-state index contributed by atoms with van der Waals surface area (Å²) < 4.78 is 25.8. The third-order valence-corrected chi connectivity index (χ3v) is 7.65. The number of aromatic nitrogens is 3. The van der Waals surface area contributed by atoms with Gasteiger partial charge in [-0.15, -0.1) is 10.2 Å². The van der Waals surface area contributed by atoms with Gasteiger partial charge in [-0.25, -0.2) is 8.42 Å². The van der Waals surface area contributed by atoms with Gasteiger partial charge in [0.1, 0.15) is 12.2 Å². The van der Waals surface area contributed by atoms with Crippen molar-refractivity contribution in [3.63, 3.8) is 0 Å². The lowest BCUT2D eigenvalue weighted by atomic mass is 9.88. The highest BCUT2D eigenvalue weighted by Gasteiger charge is 2.29. The summed E-state index contributed by atoms with van der Waals surface area (Å²) in [6, 6.07) is 8.77. The predicted molar refractivity (Wildman–Crippen MR) is 117 cm³/mol. The van der Waals surface area contributed by atoms with Crippen molar-refractivity contribution in [3.8, 4) is 0 Å². The maximum Gasteiger partial charge on any atom is 0.191 e. The summed E-state index contributed by atoms with van der Waals surface area (Å²) in [6.45, 7) is 3.32. The Morgan fingerprint density at radius 1 is 1.20 bits per heavy atom. The summed E-state index contributed by atoms with van der Waals surface area (Å²) in [4.78, 5) is 4.76. The Bertz CT molecular complexity index is 1000. The van der Waals surface area contributed by atoms with E-state index in [1.807, 2.05) is 4.57 Å². The lowest BCUT2D eigenvalue weighted by molar-refractivity contribution is 0.512. The molecule has 2 atom stereocenters. The van der Waals surface area contributed by atoms with Crippen LogP contribution < -0.4 is 10.6 Å². The number of guanidine groups is 1. The zero-order valence-electron chi connectivity index (χ0n) is 17.4. The number of aliphatic imine (C=N–C) groups is 1. The SMILES string of the molecule is CCc1nncn1CCN=C(NC1CCc2ccccc2C1)NC1CCS(=O)(=O)C1. The molecule has 1 aliphatic heterocycles. The van der Waals surface area contributed by atoms with E-state index in [1.165, 1.54) is 11.1 Å². The normalized spacial score (nSPS) is 23.2. The predicted octanol–water partition coefficient (Wildman–Crippen LogP) is 1.12. The second-order valence-corrected chi connectivity index (χ2v) is 10.4. The van der Waals surface area contributed by atoms with Gasteiger partial charge in [-0.2, -0.15) is 0 Å². The fraction of sp³-hybridized carbons (Fsp3) is 0.571. The fourth-order valence-corrected chi connectivity index (χ4v) is 5.93. The van der Waals surface area contributed by atoms with E-state index in [2.05, 4.69) is 52.0 Å². The quantitative estimate of drug-likeness (QED) is 0.526. The van der Waals surface area contributed by atoms with Gasteiger partial charge < -0.3 is 15.2 Å². The van der Waals surface area contributed by atoms with Crippen LogP contribution in [0.4, 0.5) is 0 Å². The number of fused-ring (bicyclic) bond motifs is 1. The van der Waals surface area contributed by atoms with E-state index in [0.29, 0.717) is 25.5 Å². The van der Waals surface area contributed by atoms with Crippen molar-refractivity contribution in [2.45, 2.75) is 57.7 Å². The van der Waals surface area contributed by atoms with Crippen LogP contribution >= 0.6 is 0 Å². The van der Waals surface area contributed by atoms with Gasteiger partial charge in [0.15, 0.2) is 15.8 Å². The van der Waals surface area contributed by atoms with E-state index in [1.54, 1.807) is 6.33 Å². The first kappa shape index (κ1) is 20.8. The molecule has 0 saturated carbocycles. The molecule has 1 aromatic carbocycles. The highest BCUT2D eigenvalue weighted by atomic mass is 32.2. The number of hydrogen-bond donors (Lipinski definition) is 2. The minimum Gasteiger partial charge on any atom is -0.353 e. The minimum absolute atomic E-state index is 0.0850. The van der Waals surface area contributed by atoms with E-state index in [4.69, 9.17) is 4.99 Å². The van der Waals surface area contributed by atoms with E-state index in [0.717, 1.165) is 31.5 Å². The monoisotopic (exact) mass is 430 g/mol. The van der Waals surface area contributed by atoms with Crippen molar-refractivity contribution in [1.82, 2.24) is 25.4 Å². The van der Waals surface area contributed by atoms with Gasteiger partial charge in [0.25, 0.3) is 0 Å². The lowest BCUT2D eigenvalue weighted by Gasteiger charge is -2.28. The smallest absolute Gasteiger partial charge is 0.191 e. The van der Waals surface area contributed by atoms with Gasteiger partial charge >= 0.3 is 0 Å². The first-order valence-electron chi connectivity index (χ1n) is 10.7. The van der Waals surface area contributed by atoms with Crippen LogP contribution in [0, 0.1) is 0 Å². The van der Waals surface area contributed by atoms with E-state index in [-0.39, 0.29) is 23.6 Å². The van der Waals surface area contributed by atoms with Crippen molar-refractivity contribution in [2.24, 2.45) is 4.99 Å². The fourth-order valence-electron chi connectivity index (χ4n) is 4.26. The number of nitrogens with one attached hydrogen (secondary N) is 2. The summed E-state index contributed by atoms with van der Waals surface area (Å²) in [6.07, 6.45) is 6.21. The highest BCUT2D eigenvalue weighted by molar-refractivity contribution is 7.91. The van der Waals surface area contributed by atoms with Gasteiger partial charge in [0, 0.05) is 25.0 Å². The second-order valence-electron chi connectivity index (χ2n) is 8.12. The molecule has 9 heteroatoms. The summed E-state index contributed by atoms with van der Waals surface area (Å²) in [5.41, 5.74) is 2.80. The van der Waals surface area contributed by atoms with E-state index < -0.39 is 9.84 Å². The molecule has 1 saturated heterocycles. The van der Waals surface area contributed by atoms with Crippen LogP contribution in [0.2, 0.25) is 0 Å². The Kier molecular flexibility index (Phi) is 6.36. The summed E-state index contributed by atoms with van der Waals surface area (Å²) in [5, 5.41) is 15.0. The van der Waals surface area contributed by atoms with Crippen LogP contribution in [0.3, 0.4) is 0 Å². The first-order chi connectivity index (χ1) is 14.5. The molecular formula is C21H30N6O2S. The average molecular weight is 431 g/mol. The molecule has 4 rings (SSSR count). The average Bonchev–Trinajstić information content (AvgIpc) is 3.33. The van der Waals surface area contributed by atoms with Gasteiger partial charge in [-0.3, -0.25) is 4.99 Å². The third-order valence-electron chi connectivity index (χ3n) is 5.88. The van der Waals surface area contributed by atoms with Gasteiger partial charge in [-0.05, 0) is 36.8 Å². The van der Waals surface area contributed by atoms with Crippen LogP contribution in [0.1, 0.15) is 36.7 Å². The zero-order valence-corrected chi connectivity index (χ0v) is 18.2. The molecule has 0 amide bonds. The molecule has 2 N–H and O–H groups in total. The van der Waals surface area contributed by atoms with Gasteiger partial charge in [-0.1, -0.05) is 31.2 Å². The Balaban J connectivity index is 1.43. The molecule has 0 radical (unpaired) electrons. The van der Waals surface area contributed by atoms with Crippen LogP contribution in [0.5, 0.6) is 0 Å². The Morgan fingerprint density at radius 3 is 2.77 bits per heavy atom. The van der Waals surface area contributed by atoms with Crippen LogP contribution in [0.25, 0.3) is 0 Å². The van der Waals surface area contributed by atoms with Crippen molar-refractivity contribution < 1.29 is 8.42 Å². The molecule has 162 valence electrons. The van der Waals surface area contributed by atoms with Crippen molar-refractivity contribution >= 4 is 15.8 Å². The number of rotatable bonds is 6. The largest absolute Gasteiger partial charge is 0.353 e. The summed E-state index contributed by atoms with van der Waals surface area (Å²) >= 11 is 0. The van der Waals surface area contributed by atoms with E-state index >= 15 is 0 Å². The maximum atomic E-state index is 11.9. The molecule has 0 spiro atoms. The maximum absolute atomic E-state index is 11.9. The van der Waals surface area contributed by atoms with Gasteiger partial charge in [0.2, 0.25) is 0 Å². The number of nitrogens with zero attached hydrogens (tertiary/aromatic N) is 4. The van der Waals surface area contributed by atoms with E-state index in [9.17, 15) is 8.42 Å². The Hall–Kier alpha value is -2.42. The third kappa shape index (κ3) is 5.19. The molecule has 1 aromatic heterocycles. The molecule has 2 unspecified atom stereocenters. The topological polar surface area (TPSA) is 101 Å². The van der Waals surface area contributed by atoms with Crippen molar-refractivity contribution in [2.75, 3.05) is 18.1 Å². The number of sulfone groups is 1. The molecule has 2 aliphatic rings. The molecule has 0 bridgehead atoms. The molecule has 2 aromatic rings. The zero-order chi connectivity index (χ0) is 21.0. The Morgan fingerprint density at radius 2 is 2.00 bits per heavy atom.